The van der Waals surface area contributed by atoms with Gasteiger partial charge in [-0.25, -0.2) is 4.98 Å². The van der Waals surface area contributed by atoms with E-state index >= 15 is 0 Å². The minimum atomic E-state index is -1.44. The first kappa shape index (κ1) is 12.4. The molecule has 0 unspecified atom stereocenters. The summed E-state index contributed by atoms with van der Waals surface area (Å²) in [6.45, 7) is 5.86. The zero-order valence-electron chi connectivity index (χ0n) is 10.3. The van der Waals surface area contributed by atoms with Crippen LogP contribution in [0.4, 0.5) is 5.82 Å². The van der Waals surface area contributed by atoms with Crippen LogP contribution in [0.5, 0.6) is 0 Å². The number of aryl methyl sites for hydroxylation is 1. The van der Waals surface area contributed by atoms with Crippen LogP contribution in [-0.2, 0) is 0 Å². The molecule has 0 atom stereocenters. The van der Waals surface area contributed by atoms with Crippen LogP contribution in [0.25, 0.3) is 0 Å². The van der Waals surface area contributed by atoms with Crippen molar-refractivity contribution in [1.29, 1.82) is 0 Å². The van der Waals surface area contributed by atoms with Crippen molar-refractivity contribution in [2.45, 2.75) is 6.92 Å². The Bertz CT molecular complexity index is 392. The van der Waals surface area contributed by atoms with E-state index in [9.17, 15) is 0 Å². The van der Waals surface area contributed by atoms with Gasteiger partial charge >= 0.3 is 7.12 Å². The summed E-state index contributed by atoms with van der Waals surface area (Å²) in [6, 6.07) is 1.92. The predicted molar refractivity (Wildman–Crippen MR) is 68.5 cm³/mol. The third-order valence-corrected chi connectivity index (χ3v) is 3.24. The molecule has 0 radical (unpaired) electrons. The average molecular weight is 235 g/mol. The van der Waals surface area contributed by atoms with Crippen LogP contribution in [-0.4, -0.2) is 60.3 Å². The van der Waals surface area contributed by atoms with Crippen molar-refractivity contribution >= 4 is 18.4 Å². The Kier molecular flexibility index (Phi) is 3.66. The summed E-state index contributed by atoms with van der Waals surface area (Å²) in [6.07, 6.45) is 1.55. The fourth-order valence-corrected chi connectivity index (χ4v) is 2.03. The SMILES string of the molecule is Cc1cc(N2CCN(C)CC2)ncc1B(O)O. The van der Waals surface area contributed by atoms with E-state index in [-0.39, 0.29) is 0 Å². The van der Waals surface area contributed by atoms with Gasteiger partial charge in [0.15, 0.2) is 0 Å². The summed E-state index contributed by atoms with van der Waals surface area (Å²) in [5.74, 6) is 0.917. The molecule has 5 nitrogen and oxygen atoms in total. The van der Waals surface area contributed by atoms with E-state index in [0.29, 0.717) is 5.46 Å². The third-order valence-electron chi connectivity index (χ3n) is 3.24. The van der Waals surface area contributed by atoms with Crippen LogP contribution in [0.2, 0.25) is 0 Å². The molecular formula is C11H18BN3O2. The minimum Gasteiger partial charge on any atom is -0.423 e. The zero-order chi connectivity index (χ0) is 12.4. The minimum absolute atomic E-state index is 0.475. The second-order valence-corrected chi connectivity index (χ2v) is 4.56. The molecule has 0 aromatic carbocycles. The molecule has 1 aromatic heterocycles. The molecule has 0 spiro atoms. The Balaban J connectivity index is 2.14. The van der Waals surface area contributed by atoms with Gasteiger partial charge in [-0.2, -0.15) is 0 Å². The Morgan fingerprint density at radius 3 is 2.41 bits per heavy atom. The second-order valence-electron chi connectivity index (χ2n) is 4.56. The molecular weight excluding hydrogens is 217 g/mol. The number of hydrogen-bond donors (Lipinski definition) is 2. The Hall–Kier alpha value is -1.11. The molecule has 6 heteroatoms. The number of pyridine rings is 1. The highest BCUT2D eigenvalue weighted by molar-refractivity contribution is 6.59. The molecule has 1 aliphatic heterocycles. The monoisotopic (exact) mass is 235 g/mol. The average Bonchev–Trinajstić information content (AvgIpc) is 2.29. The fraction of sp³-hybridized carbons (Fsp3) is 0.545. The molecule has 0 saturated carbocycles. The summed E-state index contributed by atoms with van der Waals surface area (Å²) in [5.41, 5.74) is 1.34. The topological polar surface area (TPSA) is 59.8 Å². The van der Waals surface area contributed by atoms with Crippen LogP contribution in [0.15, 0.2) is 12.3 Å². The summed E-state index contributed by atoms with van der Waals surface area (Å²) < 4.78 is 0. The van der Waals surface area contributed by atoms with Crippen LogP contribution < -0.4 is 10.4 Å². The van der Waals surface area contributed by atoms with E-state index in [0.717, 1.165) is 37.6 Å². The Morgan fingerprint density at radius 1 is 1.24 bits per heavy atom. The van der Waals surface area contributed by atoms with Gasteiger partial charge in [0, 0.05) is 37.8 Å². The molecule has 1 aromatic rings. The maximum Gasteiger partial charge on any atom is 0.490 e. The molecule has 1 fully saturated rings. The number of aromatic nitrogens is 1. The van der Waals surface area contributed by atoms with Gasteiger partial charge < -0.3 is 19.8 Å². The summed E-state index contributed by atoms with van der Waals surface area (Å²) in [4.78, 5) is 8.81. The van der Waals surface area contributed by atoms with E-state index in [1.165, 1.54) is 0 Å². The van der Waals surface area contributed by atoms with Gasteiger partial charge in [0.2, 0.25) is 0 Å². The number of hydrogen-bond acceptors (Lipinski definition) is 5. The van der Waals surface area contributed by atoms with E-state index in [4.69, 9.17) is 10.0 Å². The van der Waals surface area contributed by atoms with Gasteiger partial charge in [0.1, 0.15) is 5.82 Å². The molecule has 1 saturated heterocycles. The number of nitrogens with zero attached hydrogens (tertiary/aromatic N) is 3. The second kappa shape index (κ2) is 5.04. The van der Waals surface area contributed by atoms with Gasteiger partial charge in [-0.1, -0.05) is 0 Å². The molecule has 17 heavy (non-hydrogen) atoms. The summed E-state index contributed by atoms with van der Waals surface area (Å²) in [5, 5.41) is 18.3. The maximum absolute atomic E-state index is 9.14. The van der Waals surface area contributed by atoms with Crippen LogP contribution >= 0.6 is 0 Å². The molecule has 0 bridgehead atoms. The maximum atomic E-state index is 9.14. The van der Waals surface area contributed by atoms with E-state index in [1.54, 1.807) is 6.20 Å². The quantitative estimate of drug-likeness (QED) is 0.632. The van der Waals surface area contributed by atoms with E-state index < -0.39 is 7.12 Å². The standard InChI is InChI=1S/C11H18BN3O2/c1-9-7-11(13-8-10(9)12(16)17)15-5-3-14(2)4-6-15/h7-8,16-17H,3-6H2,1-2H3. The lowest BCUT2D eigenvalue weighted by Crippen LogP contribution is -2.45. The molecule has 0 amide bonds. The van der Waals surface area contributed by atoms with Crippen molar-refractivity contribution in [3.8, 4) is 0 Å². The lowest BCUT2D eigenvalue weighted by molar-refractivity contribution is 0.312. The zero-order valence-corrected chi connectivity index (χ0v) is 10.3. The number of rotatable bonds is 2. The summed E-state index contributed by atoms with van der Waals surface area (Å²) >= 11 is 0. The van der Waals surface area contributed by atoms with Gasteiger partial charge in [0.05, 0.1) is 0 Å². The molecule has 2 rings (SSSR count). The number of likely N-dealkylation sites (N-methyl/N-ethyl adjacent to an activating group) is 1. The van der Waals surface area contributed by atoms with Crippen molar-refractivity contribution in [3.05, 3.63) is 17.8 Å². The third kappa shape index (κ3) is 2.77. The van der Waals surface area contributed by atoms with E-state index in [1.807, 2.05) is 13.0 Å². The Morgan fingerprint density at radius 2 is 1.88 bits per heavy atom. The van der Waals surface area contributed by atoms with Crippen molar-refractivity contribution in [3.63, 3.8) is 0 Å². The highest BCUT2D eigenvalue weighted by atomic mass is 16.4. The molecule has 2 N–H and O–H groups in total. The van der Waals surface area contributed by atoms with Crippen LogP contribution in [0.1, 0.15) is 5.56 Å². The normalized spacial score (nSPS) is 17.3. The van der Waals surface area contributed by atoms with Gasteiger partial charge in [-0.3, -0.25) is 0 Å². The number of piperazine rings is 1. The Labute approximate surface area is 102 Å². The van der Waals surface area contributed by atoms with E-state index in [2.05, 4.69) is 21.8 Å². The van der Waals surface area contributed by atoms with Crippen molar-refractivity contribution < 1.29 is 10.0 Å². The molecule has 0 aliphatic carbocycles. The first-order valence-corrected chi connectivity index (χ1v) is 5.84. The predicted octanol–water partition coefficient (Wildman–Crippen LogP) is -1.18. The molecule has 1 aliphatic rings. The molecule has 92 valence electrons. The highest BCUT2D eigenvalue weighted by Crippen LogP contribution is 2.13. The van der Waals surface area contributed by atoms with Crippen molar-refractivity contribution in [2.24, 2.45) is 0 Å². The fourth-order valence-electron chi connectivity index (χ4n) is 2.03. The lowest BCUT2D eigenvalue weighted by atomic mass is 9.78. The van der Waals surface area contributed by atoms with Crippen molar-refractivity contribution in [2.75, 3.05) is 38.1 Å². The lowest BCUT2D eigenvalue weighted by Gasteiger charge is -2.33. The van der Waals surface area contributed by atoms with Gasteiger partial charge in [-0.15, -0.1) is 0 Å². The smallest absolute Gasteiger partial charge is 0.423 e. The highest BCUT2D eigenvalue weighted by Gasteiger charge is 2.18. The summed E-state index contributed by atoms with van der Waals surface area (Å²) in [7, 11) is 0.672. The number of anilines is 1. The van der Waals surface area contributed by atoms with Gasteiger partial charge in [0.25, 0.3) is 0 Å². The largest absolute Gasteiger partial charge is 0.490 e. The first-order valence-electron chi connectivity index (χ1n) is 5.84. The van der Waals surface area contributed by atoms with Gasteiger partial charge in [-0.05, 0) is 25.6 Å². The van der Waals surface area contributed by atoms with Crippen LogP contribution in [0, 0.1) is 6.92 Å². The van der Waals surface area contributed by atoms with Crippen molar-refractivity contribution in [1.82, 2.24) is 9.88 Å². The molecule has 2 heterocycles. The first-order chi connectivity index (χ1) is 8.08. The van der Waals surface area contributed by atoms with Crippen LogP contribution in [0.3, 0.4) is 0 Å².